The Bertz CT molecular complexity index is 413. The average Bonchev–Trinajstić information content (AvgIpc) is 2.37. The summed E-state index contributed by atoms with van der Waals surface area (Å²) >= 11 is 5.76. The van der Waals surface area contributed by atoms with Crippen molar-refractivity contribution >= 4 is 17.7 Å². The lowest BCUT2D eigenvalue weighted by Gasteiger charge is -2.14. The van der Waals surface area contributed by atoms with Gasteiger partial charge in [0.15, 0.2) is 11.5 Å². The summed E-state index contributed by atoms with van der Waals surface area (Å²) in [6.45, 7) is 1.96. The van der Waals surface area contributed by atoms with Gasteiger partial charge in [-0.05, 0) is 19.1 Å². The molecule has 0 amide bonds. The Labute approximate surface area is 107 Å². The van der Waals surface area contributed by atoms with Gasteiger partial charge in [-0.1, -0.05) is 11.6 Å². The first-order valence-corrected chi connectivity index (χ1v) is 5.73. The molecule has 0 aromatic heterocycles. The van der Waals surface area contributed by atoms with Crippen LogP contribution >= 0.6 is 11.6 Å². The largest absolute Gasteiger partial charge is 0.493 e. The van der Waals surface area contributed by atoms with Crippen LogP contribution in [-0.2, 0) is 0 Å². The Morgan fingerprint density at radius 3 is 2.24 bits per heavy atom. The van der Waals surface area contributed by atoms with Gasteiger partial charge in [0.05, 0.1) is 21.3 Å². The minimum atomic E-state index is 0.484. The molecule has 0 aliphatic rings. The van der Waals surface area contributed by atoms with Crippen LogP contribution in [-0.4, -0.2) is 27.2 Å². The summed E-state index contributed by atoms with van der Waals surface area (Å²) in [4.78, 5) is 0. The Hall–Kier alpha value is -1.35. The first kappa shape index (κ1) is 13.7. The number of rotatable bonds is 5. The van der Waals surface area contributed by atoms with E-state index in [4.69, 9.17) is 25.8 Å². The average molecular weight is 257 g/mol. The lowest BCUT2D eigenvalue weighted by Crippen LogP contribution is -1.97. The van der Waals surface area contributed by atoms with Gasteiger partial charge in [0.2, 0.25) is 5.75 Å². The van der Waals surface area contributed by atoms with Crippen molar-refractivity contribution in [2.24, 2.45) is 0 Å². The van der Waals surface area contributed by atoms with Crippen molar-refractivity contribution in [3.63, 3.8) is 0 Å². The first-order chi connectivity index (χ1) is 8.17. The van der Waals surface area contributed by atoms with Gasteiger partial charge in [-0.25, -0.2) is 0 Å². The molecule has 0 fully saturated rings. The van der Waals surface area contributed by atoms with Gasteiger partial charge in [0.1, 0.15) is 0 Å². The summed E-state index contributed by atoms with van der Waals surface area (Å²) in [5, 5.41) is 0. The summed E-state index contributed by atoms with van der Waals surface area (Å²) in [5.74, 6) is 2.37. The summed E-state index contributed by atoms with van der Waals surface area (Å²) in [6.07, 6.45) is 1.97. The molecule has 0 aliphatic carbocycles. The van der Waals surface area contributed by atoms with Crippen LogP contribution in [0.15, 0.2) is 17.7 Å². The molecule has 0 aliphatic heterocycles. The van der Waals surface area contributed by atoms with E-state index in [0.29, 0.717) is 23.1 Å². The fraction of sp³-hybridized carbons (Fsp3) is 0.385. The normalized spacial score (nSPS) is 11.2. The summed E-state index contributed by atoms with van der Waals surface area (Å²) in [5.41, 5.74) is 1.97. The van der Waals surface area contributed by atoms with E-state index in [1.54, 1.807) is 21.3 Å². The predicted octanol–water partition coefficient (Wildman–Crippen LogP) is 3.35. The standard InChI is InChI=1S/C13H17ClO3/c1-9(8-14)7-10-5-6-11(15-2)13(17-4)12(10)16-3/h5-7H,8H2,1-4H3. The molecule has 0 saturated heterocycles. The molecule has 17 heavy (non-hydrogen) atoms. The van der Waals surface area contributed by atoms with Crippen molar-refractivity contribution in [3.05, 3.63) is 23.3 Å². The zero-order valence-electron chi connectivity index (χ0n) is 10.5. The monoisotopic (exact) mass is 256 g/mol. The van der Waals surface area contributed by atoms with Crippen molar-refractivity contribution in [1.29, 1.82) is 0 Å². The van der Waals surface area contributed by atoms with E-state index in [1.807, 2.05) is 25.1 Å². The van der Waals surface area contributed by atoms with Gasteiger partial charge in [-0.2, -0.15) is 0 Å². The van der Waals surface area contributed by atoms with Gasteiger partial charge in [0, 0.05) is 11.4 Å². The third-order valence-corrected chi connectivity index (χ3v) is 2.77. The molecule has 0 spiro atoms. The number of ether oxygens (including phenoxy) is 3. The SMILES string of the molecule is COc1ccc(C=C(C)CCl)c(OC)c1OC. The molecule has 0 heterocycles. The van der Waals surface area contributed by atoms with Crippen molar-refractivity contribution in [3.8, 4) is 17.2 Å². The topological polar surface area (TPSA) is 27.7 Å². The van der Waals surface area contributed by atoms with E-state index in [1.165, 1.54) is 0 Å². The Morgan fingerprint density at radius 1 is 1.12 bits per heavy atom. The molecule has 0 radical (unpaired) electrons. The second kappa shape index (κ2) is 6.40. The molecule has 0 atom stereocenters. The summed E-state index contributed by atoms with van der Waals surface area (Å²) in [7, 11) is 4.78. The molecule has 94 valence electrons. The number of halogens is 1. The van der Waals surface area contributed by atoms with Gasteiger partial charge in [-0.15, -0.1) is 11.6 Å². The molecule has 0 N–H and O–H groups in total. The molecule has 3 nitrogen and oxygen atoms in total. The van der Waals surface area contributed by atoms with E-state index in [9.17, 15) is 0 Å². The van der Waals surface area contributed by atoms with Gasteiger partial charge in [0.25, 0.3) is 0 Å². The molecular weight excluding hydrogens is 240 g/mol. The maximum absolute atomic E-state index is 5.76. The maximum Gasteiger partial charge on any atom is 0.203 e. The van der Waals surface area contributed by atoms with Gasteiger partial charge in [-0.3, -0.25) is 0 Å². The van der Waals surface area contributed by atoms with Crippen molar-refractivity contribution < 1.29 is 14.2 Å². The summed E-state index contributed by atoms with van der Waals surface area (Å²) in [6, 6.07) is 3.75. The van der Waals surface area contributed by atoms with Crippen molar-refractivity contribution in [2.45, 2.75) is 6.92 Å². The molecule has 1 aromatic rings. The Balaban J connectivity index is 3.33. The zero-order valence-corrected chi connectivity index (χ0v) is 11.3. The molecule has 0 bridgehead atoms. The number of hydrogen-bond acceptors (Lipinski definition) is 3. The highest BCUT2D eigenvalue weighted by Gasteiger charge is 2.14. The lowest BCUT2D eigenvalue weighted by atomic mass is 10.1. The van der Waals surface area contributed by atoms with Crippen molar-refractivity contribution in [2.75, 3.05) is 27.2 Å². The predicted molar refractivity (Wildman–Crippen MR) is 70.5 cm³/mol. The van der Waals surface area contributed by atoms with Crippen LogP contribution in [0, 0.1) is 0 Å². The number of hydrogen-bond donors (Lipinski definition) is 0. The van der Waals surface area contributed by atoms with Crippen LogP contribution < -0.4 is 14.2 Å². The van der Waals surface area contributed by atoms with Gasteiger partial charge >= 0.3 is 0 Å². The highest BCUT2D eigenvalue weighted by Crippen LogP contribution is 2.40. The maximum atomic E-state index is 5.76. The van der Waals surface area contributed by atoms with Crippen LogP contribution in [0.25, 0.3) is 6.08 Å². The number of alkyl halides is 1. The number of methoxy groups -OCH3 is 3. The summed E-state index contributed by atoms with van der Waals surface area (Å²) < 4.78 is 15.9. The van der Waals surface area contributed by atoms with Crippen molar-refractivity contribution in [1.82, 2.24) is 0 Å². The highest BCUT2D eigenvalue weighted by atomic mass is 35.5. The van der Waals surface area contributed by atoms with Crippen LogP contribution in [0.2, 0.25) is 0 Å². The second-order valence-electron chi connectivity index (χ2n) is 3.55. The fourth-order valence-electron chi connectivity index (χ4n) is 1.54. The minimum absolute atomic E-state index is 0.484. The second-order valence-corrected chi connectivity index (χ2v) is 3.82. The third kappa shape index (κ3) is 3.07. The smallest absolute Gasteiger partial charge is 0.203 e. The fourth-order valence-corrected chi connectivity index (χ4v) is 1.62. The van der Waals surface area contributed by atoms with Crippen LogP contribution in [0.4, 0.5) is 0 Å². The Kier molecular flexibility index (Phi) is 5.16. The Morgan fingerprint density at radius 2 is 1.76 bits per heavy atom. The van der Waals surface area contributed by atoms with Crippen LogP contribution in [0.5, 0.6) is 17.2 Å². The van der Waals surface area contributed by atoms with E-state index in [2.05, 4.69) is 0 Å². The van der Waals surface area contributed by atoms with Gasteiger partial charge < -0.3 is 14.2 Å². The molecule has 0 saturated carbocycles. The van der Waals surface area contributed by atoms with E-state index < -0.39 is 0 Å². The third-order valence-electron chi connectivity index (χ3n) is 2.35. The van der Waals surface area contributed by atoms with E-state index >= 15 is 0 Å². The van der Waals surface area contributed by atoms with E-state index in [-0.39, 0.29) is 0 Å². The molecule has 4 heteroatoms. The molecule has 1 rings (SSSR count). The quantitative estimate of drug-likeness (QED) is 0.756. The first-order valence-electron chi connectivity index (χ1n) is 5.20. The molecule has 1 aromatic carbocycles. The molecule has 0 unspecified atom stereocenters. The number of allylic oxidation sites excluding steroid dienone is 1. The molecular formula is C13H17ClO3. The van der Waals surface area contributed by atoms with Crippen LogP contribution in [0.3, 0.4) is 0 Å². The highest BCUT2D eigenvalue weighted by molar-refractivity contribution is 6.19. The van der Waals surface area contributed by atoms with E-state index in [0.717, 1.165) is 11.1 Å². The lowest BCUT2D eigenvalue weighted by molar-refractivity contribution is 0.324. The van der Waals surface area contributed by atoms with Crippen LogP contribution in [0.1, 0.15) is 12.5 Å². The number of benzene rings is 1. The minimum Gasteiger partial charge on any atom is -0.493 e. The zero-order chi connectivity index (χ0) is 12.8.